The molecule has 434 valence electrons. The van der Waals surface area contributed by atoms with Gasteiger partial charge in [0, 0.05) is 31.7 Å². The highest BCUT2D eigenvalue weighted by Gasteiger charge is 2.52. The van der Waals surface area contributed by atoms with E-state index in [1.165, 1.54) is 11.8 Å². The van der Waals surface area contributed by atoms with Crippen molar-refractivity contribution in [2.24, 2.45) is 0 Å². The first-order valence-corrected chi connectivity index (χ1v) is 24.9. The molecule has 0 aliphatic carbocycles. The Bertz CT molecular complexity index is 1920. The van der Waals surface area contributed by atoms with Gasteiger partial charge in [-0.25, -0.2) is 0 Å². The number of nitrogens with zero attached hydrogens (tertiary/aromatic N) is 1. The molecule has 4 aliphatic heterocycles. The van der Waals surface area contributed by atoms with Crippen LogP contribution in [0.25, 0.3) is 0 Å². The fourth-order valence-electron chi connectivity index (χ4n) is 8.45. The van der Waals surface area contributed by atoms with Gasteiger partial charge in [-0.15, -0.1) is 0 Å². The molecule has 1 aromatic carbocycles. The van der Waals surface area contributed by atoms with Crippen LogP contribution in [0, 0.1) is 0 Å². The molecule has 0 unspecified atom stereocenters. The molecule has 76 heavy (non-hydrogen) atoms. The summed E-state index contributed by atoms with van der Waals surface area (Å²) in [5.41, 5.74) is 0.671. The number of hydrogen-bond acceptors (Lipinski definition) is 26. The van der Waals surface area contributed by atoms with E-state index in [4.69, 9.17) is 37.9 Å². The first-order valence-electron chi connectivity index (χ1n) is 24.9. The van der Waals surface area contributed by atoms with Crippen molar-refractivity contribution in [1.29, 1.82) is 0 Å². The quantitative estimate of drug-likeness (QED) is 0.0347. The molecule has 4 fully saturated rings. The Morgan fingerprint density at radius 2 is 0.974 bits per heavy atom. The van der Waals surface area contributed by atoms with Gasteiger partial charge in [0.25, 0.3) is 0 Å². The molecular formula is C46H75N5O25. The van der Waals surface area contributed by atoms with Crippen LogP contribution >= 0.6 is 0 Å². The van der Waals surface area contributed by atoms with Crippen molar-refractivity contribution in [2.45, 2.75) is 155 Å². The zero-order chi connectivity index (χ0) is 55.6. The van der Waals surface area contributed by atoms with Crippen LogP contribution in [0.4, 0.5) is 5.69 Å². The molecule has 30 heteroatoms. The Hall–Kier alpha value is -3.78. The Balaban J connectivity index is 1.16. The van der Waals surface area contributed by atoms with Crippen molar-refractivity contribution >= 4 is 29.3 Å². The second-order valence-corrected chi connectivity index (χ2v) is 18.7. The van der Waals surface area contributed by atoms with Crippen molar-refractivity contribution in [3.8, 4) is 0 Å². The molecule has 4 heterocycles. The summed E-state index contributed by atoms with van der Waals surface area (Å²) in [6, 6.07) is 8.96. The minimum Gasteiger partial charge on any atom is -0.394 e. The first kappa shape index (κ1) is 63.1. The van der Waals surface area contributed by atoms with Gasteiger partial charge in [0.15, 0.2) is 25.2 Å². The van der Waals surface area contributed by atoms with Gasteiger partial charge in [-0.05, 0) is 31.9 Å². The summed E-state index contributed by atoms with van der Waals surface area (Å²) in [6.07, 6.45) is -31.2. The maximum atomic E-state index is 13.3. The molecular weight excluding hydrogens is 1020 g/mol. The van der Waals surface area contributed by atoms with Crippen LogP contribution in [0.2, 0.25) is 0 Å². The molecule has 0 spiro atoms. The van der Waals surface area contributed by atoms with E-state index in [1.807, 2.05) is 6.07 Å². The summed E-state index contributed by atoms with van der Waals surface area (Å²) in [5, 5.41) is 145. The number of para-hydroxylation sites is 1. The molecule has 4 amide bonds. The number of carbonyl (C=O) groups is 4. The number of aliphatic hydroxyl groups excluding tert-OH is 13. The third-order valence-corrected chi connectivity index (χ3v) is 12.8. The highest BCUT2D eigenvalue weighted by atomic mass is 16.8. The van der Waals surface area contributed by atoms with E-state index in [1.54, 1.807) is 24.3 Å². The summed E-state index contributed by atoms with van der Waals surface area (Å²) in [6.45, 7) is -3.15. The van der Waals surface area contributed by atoms with Gasteiger partial charge >= 0.3 is 0 Å². The standard InChI is InChI=1S/C46H75N5O25/c1-22-31(58)35(62)38(65)43(72-22)69-14-12-48-29(56)17-51(16-28(55)47-11-7-3-6-10-27(54)50-23-8-4-2-5-9-23)18-30(57)49-13-15-70-45-41(68)42(76-46-40(67)37(64)33(60)25(20-53)74-46)34(61)26(75-45)21-71-44-39(66)36(63)32(59)24(19-52)73-44/h2,4-5,8-9,22,24-26,31-46,52-53,58-68H,3,6-7,10-21H2,1H3,(H,47,55)(H,48,56)(H,49,57)(H,50,54)/t22-,24+,25+,26+,31+,32+,33+,34+,35+,36-,37-,38-,39-,40-,41-,42-,43+,44-,45-,46+/m0/s1. The highest BCUT2D eigenvalue weighted by Crippen LogP contribution is 2.31. The Morgan fingerprint density at radius 1 is 0.500 bits per heavy atom. The van der Waals surface area contributed by atoms with Crippen molar-refractivity contribution in [1.82, 2.24) is 20.9 Å². The lowest BCUT2D eigenvalue weighted by atomic mass is 9.96. The number of nitrogens with one attached hydrogen (secondary N) is 4. The zero-order valence-electron chi connectivity index (χ0n) is 41.7. The summed E-state index contributed by atoms with van der Waals surface area (Å²) >= 11 is 0. The van der Waals surface area contributed by atoms with Crippen LogP contribution in [-0.2, 0) is 57.1 Å². The van der Waals surface area contributed by atoms with Crippen LogP contribution in [-0.4, -0.2) is 290 Å². The van der Waals surface area contributed by atoms with Crippen LogP contribution < -0.4 is 21.3 Å². The normalized spacial score (nSPS) is 35.8. The molecule has 4 saturated heterocycles. The molecule has 5 rings (SSSR count). The van der Waals surface area contributed by atoms with Gasteiger partial charge in [-0.3, -0.25) is 24.1 Å². The predicted octanol–water partition coefficient (Wildman–Crippen LogP) is -8.85. The van der Waals surface area contributed by atoms with Gasteiger partial charge in [0.05, 0.1) is 58.8 Å². The van der Waals surface area contributed by atoms with Crippen LogP contribution in [0.3, 0.4) is 0 Å². The summed E-state index contributed by atoms with van der Waals surface area (Å²) in [7, 11) is 0. The molecule has 0 aromatic heterocycles. The third-order valence-electron chi connectivity index (χ3n) is 12.8. The molecule has 0 bridgehead atoms. The second kappa shape index (κ2) is 31.1. The van der Waals surface area contributed by atoms with Crippen molar-refractivity contribution in [3.05, 3.63) is 30.3 Å². The smallest absolute Gasteiger partial charge is 0.234 e. The number of anilines is 1. The second-order valence-electron chi connectivity index (χ2n) is 18.7. The van der Waals surface area contributed by atoms with E-state index >= 15 is 0 Å². The molecule has 0 radical (unpaired) electrons. The van der Waals surface area contributed by atoms with E-state index in [-0.39, 0.29) is 38.6 Å². The summed E-state index contributed by atoms with van der Waals surface area (Å²) < 4.78 is 44.3. The molecule has 17 N–H and O–H groups in total. The summed E-state index contributed by atoms with van der Waals surface area (Å²) in [5.74, 6) is -2.06. The average Bonchev–Trinajstić information content (AvgIpc) is 3.39. The lowest BCUT2D eigenvalue weighted by molar-refractivity contribution is -0.366. The minimum absolute atomic E-state index is 0.132. The van der Waals surface area contributed by atoms with Gasteiger partial charge in [-0.2, -0.15) is 0 Å². The van der Waals surface area contributed by atoms with E-state index < -0.39 is 187 Å². The van der Waals surface area contributed by atoms with E-state index in [0.717, 1.165) is 0 Å². The lowest BCUT2D eigenvalue weighted by Gasteiger charge is -2.46. The highest BCUT2D eigenvalue weighted by molar-refractivity contribution is 5.90. The molecule has 1 aromatic rings. The van der Waals surface area contributed by atoms with Gasteiger partial charge in [0.2, 0.25) is 23.6 Å². The average molecular weight is 1100 g/mol. The Kier molecular flexibility index (Phi) is 25.8. The van der Waals surface area contributed by atoms with Crippen molar-refractivity contribution in [3.63, 3.8) is 0 Å². The van der Waals surface area contributed by atoms with Crippen molar-refractivity contribution < 1.29 is 123 Å². The van der Waals surface area contributed by atoms with Gasteiger partial charge < -0.3 is 126 Å². The fourth-order valence-corrected chi connectivity index (χ4v) is 8.45. The largest absolute Gasteiger partial charge is 0.394 e. The number of carbonyl (C=O) groups excluding carboxylic acids is 4. The van der Waals surface area contributed by atoms with E-state index in [2.05, 4.69) is 21.3 Å². The zero-order valence-corrected chi connectivity index (χ0v) is 41.7. The number of aliphatic hydroxyl groups is 13. The number of hydrogen-bond donors (Lipinski definition) is 17. The Labute approximate surface area is 436 Å². The number of rotatable bonds is 28. The SMILES string of the molecule is C[C@@H]1O[C@@H](OCCNC(=O)CN(CC(=O)NCCCCCC(=O)Nc2ccccc2)CC(=O)NCCO[C@H]2O[C@H](CO[C@H]3O[C@H](CO)[C@@H](O)[C@H](O)[C@@H]3O)[C@@H](O)[C@H](O[C@H]3O[C@H](CO)[C@@H](O)[C@H](O)[C@@H]3O)[C@@H]2O)[C@@H](O)[C@H](O)[C@@H]1O. The predicted molar refractivity (Wildman–Crippen MR) is 252 cm³/mol. The van der Waals surface area contributed by atoms with Crippen molar-refractivity contribution in [2.75, 3.05) is 77.6 Å². The maximum Gasteiger partial charge on any atom is 0.234 e. The number of amides is 4. The fraction of sp³-hybridized carbons (Fsp3) is 0.783. The van der Waals surface area contributed by atoms with Crippen LogP contribution in [0.1, 0.15) is 32.6 Å². The lowest BCUT2D eigenvalue weighted by Crippen LogP contribution is -2.65. The van der Waals surface area contributed by atoms with E-state index in [0.29, 0.717) is 24.9 Å². The maximum absolute atomic E-state index is 13.3. The topological polar surface area (TPSA) is 456 Å². The third kappa shape index (κ3) is 18.1. The molecule has 20 atom stereocenters. The summed E-state index contributed by atoms with van der Waals surface area (Å²) in [4.78, 5) is 53.0. The number of unbranched alkanes of at least 4 members (excludes halogenated alkanes) is 2. The van der Waals surface area contributed by atoms with Gasteiger partial charge in [-0.1, -0.05) is 24.6 Å². The monoisotopic (exact) mass is 1100 g/mol. The molecule has 4 aliphatic rings. The van der Waals surface area contributed by atoms with Crippen LogP contribution in [0.15, 0.2) is 30.3 Å². The molecule has 0 saturated carbocycles. The van der Waals surface area contributed by atoms with E-state index in [9.17, 15) is 85.6 Å². The van der Waals surface area contributed by atoms with Gasteiger partial charge in [0.1, 0.15) is 91.6 Å². The minimum atomic E-state index is -1.98. The number of benzene rings is 1. The Morgan fingerprint density at radius 3 is 1.53 bits per heavy atom. The van der Waals surface area contributed by atoms with Crippen LogP contribution in [0.5, 0.6) is 0 Å². The number of ether oxygens (including phenoxy) is 8. The molecule has 30 nitrogen and oxygen atoms in total. The first-order chi connectivity index (χ1) is 36.2.